The van der Waals surface area contributed by atoms with E-state index in [4.69, 9.17) is 11.6 Å². The molecule has 1 N–H and O–H groups in total. The van der Waals surface area contributed by atoms with Crippen LogP contribution in [0.25, 0.3) is 0 Å². The average molecular weight is 213 g/mol. The number of carbonyl (C=O) groups excluding carboxylic acids is 1. The number of halogens is 1. The van der Waals surface area contributed by atoms with Gasteiger partial charge in [0.05, 0.1) is 0 Å². The summed E-state index contributed by atoms with van der Waals surface area (Å²) in [7, 11) is 0. The lowest BCUT2D eigenvalue weighted by Crippen LogP contribution is -2.22. The van der Waals surface area contributed by atoms with Crippen molar-refractivity contribution in [2.75, 3.05) is 0 Å². The first-order valence-corrected chi connectivity index (χ1v) is 5.13. The molecule has 0 fully saturated rings. The fourth-order valence-electron chi connectivity index (χ4n) is 2.01. The van der Waals surface area contributed by atoms with Crippen molar-refractivity contribution in [2.24, 2.45) is 5.41 Å². The van der Waals surface area contributed by atoms with Crippen molar-refractivity contribution in [1.82, 2.24) is 10.2 Å². The van der Waals surface area contributed by atoms with Crippen molar-refractivity contribution >= 4 is 16.8 Å². The van der Waals surface area contributed by atoms with Crippen LogP contribution in [-0.4, -0.2) is 15.4 Å². The number of carbonyl (C=O) groups is 1. The number of rotatable bonds is 1. The van der Waals surface area contributed by atoms with Gasteiger partial charge in [0, 0.05) is 11.3 Å². The molecular formula is C10H13ClN2O. The second-order valence-corrected chi connectivity index (χ2v) is 4.99. The topological polar surface area (TPSA) is 45.8 Å². The molecule has 76 valence electrons. The van der Waals surface area contributed by atoms with Crippen LogP contribution >= 0.6 is 11.6 Å². The molecule has 0 saturated carbocycles. The van der Waals surface area contributed by atoms with Crippen LogP contribution in [-0.2, 0) is 12.8 Å². The second-order valence-electron chi connectivity index (χ2n) is 4.64. The molecule has 3 nitrogen and oxygen atoms in total. The molecular weight excluding hydrogens is 200 g/mol. The van der Waals surface area contributed by atoms with Gasteiger partial charge in [-0.05, 0) is 36.3 Å². The first-order valence-electron chi connectivity index (χ1n) is 4.75. The number of fused-ring (bicyclic) bond motifs is 1. The van der Waals surface area contributed by atoms with Crippen LogP contribution < -0.4 is 0 Å². The summed E-state index contributed by atoms with van der Waals surface area (Å²) >= 11 is 5.43. The smallest absolute Gasteiger partial charge is 0.272 e. The van der Waals surface area contributed by atoms with Crippen LogP contribution in [0.5, 0.6) is 0 Å². The van der Waals surface area contributed by atoms with E-state index in [1.54, 1.807) is 0 Å². The van der Waals surface area contributed by atoms with E-state index in [-0.39, 0.29) is 0 Å². The van der Waals surface area contributed by atoms with Gasteiger partial charge in [-0.1, -0.05) is 13.8 Å². The Morgan fingerprint density at radius 2 is 2.29 bits per heavy atom. The highest BCUT2D eigenvalue weighted by atomic mass is 35.5. The predicted octanol–water partition coefficient (Wildman–Crippen LogP) is 2.30. The van der Waals surface area contributed by atoms with Gasteiger partial charge in [-0.15, -0.1) is 0 Å². The molecule has 1 aromatic heterocycles. The number of aromatic amines is 1. The van der Waals surface area contributed by atoms with E-state index < -0.39 is 5.24 Å². The molecule has 2 rings (SSSR count). The zero-order valence-electron chi connectivity index (χ0n) is 8.35. The summed E-state index contributed by atoms with van der Waals surface area (Å²) in [5.74, 6) is 0. The molecule has 0 aromatic carbocycles. The molecule has 0 atom stereocenters. The molecule has 0 spiro atoms. The van der Waals surface area contributed by atoms with Crippen LogP contribution in [0.1, 0.15) is 42.0 Å². The fraction of sp³-hybridized carbons (Fsp3) is 0.600. The Balaban J connectivity index is 2.39. The number of aromatic nitrogens is 2. The van der Waals surface area contributed by atoms with Crippen LogP contribution in [0, 0.1) is 5.41 Å². The van der Waals surface area contributed by atoms with Crippen molar-refractivity contribution in [1.29, 1.82) is 0 Å². The van der Waals surface area contributed by atoms with Gasteiger partial charge in [0.2, 0.25) is 0 Å². The molecule has 4 heteroatoms. The van der Waals surface area contributed by atoms with E-state index in [0.717, 1.165) is 30.5 Å². The van der Waals surface area contributed by atoms with Crippen molar-refractivity contribution < 1.29 is 4.79 Å². The summed E-state index contributed by atoms with van der Waals surface area (Å²) in [6.45, 7) is 4.44. The van der Waals surface area contributed by atoms with Crippen molar-refractivity contribution in [3.05, 3.63) is 17.0 Å². The monoisotopic (exact) mass is 212 g/mol. The summed E-state index contributed by atoms with van der Waals surface area (Å²) < 4.78 is 0. The largest absolute Gasteiger partial charge is 0.281 e. The van der Waals surface area contributed by atoms with Gasteiger partial charge < -0.3 is 0 Å². The third kappa shape index (κ3) is 1.57. The Morgan fingerprint density at radius 1 is 1.57 bits per heavy atom. The van der Waals surface area contributed by atoms with Gasteiger partial charge in [-0.25, -0.2) is 0 Å². The minimum Gasteiger partial charge on any atom is -0.281 e. The number of H-pyrrole nitrogens is 1. The first-order chi connectivity index (χ1) is 6.49. The predicted molar refractivity (Wildman–Crippen MR) is 54.6 cm³/mol. The van der Waals surface area contributed by atoms with E-state index >= 15 is 0 Å². The van der Waals surface area contributed by atoms with Gasteiger partial charge in [-0.3, -0.25) is 9.89 Å². The molecule has 1 heterocycles. The van der Waals surface area contributed by atoms with Crippen LogP contribution in [0.4, 0.5) is 0 Å². The highest BCUT2D eigenvalue weighted by Crippen LogP contribution is 2.35. The molecule has 14 heavy (non-hydrogen) atoms. The zero-order chi connectivity index (χ0) is 10.3. The van der Waals surface area contributed by atoms with Crippen LogP contribution in [0.15, 0.2) is 0 Å². The lowest BCUT2D eigenvalue weighted by atomic mass is 9.76. The maximum absolute atomic E-state index is 11.0. The Labute approximate surface area is 87.8 Å². The molecule has 0 bridgehead atoms. The van der Waals surface area contributed by atoms with Gasteiger partial charge in [0.25, 0.3) is 5.24 Å². The molecule has 0 radical (unpaired) electrons. The standard InChI is InChI=1S/C10H13ClN2O/c1-10(2)4-3-6-7(5-10)12-13-8(6)9(11)14/h3-5H2,1-2H3,(H,12,13). The van der Waals surface area contributed by atoms with E-state index in [1.165, 1.54) is 0 Å². The molecule has 1 aliphatic carbocycles. The highest BCUT2D eigenvalue weighted by Gasteiger charge is 2.29. The highest BCUT2D eigenvalue weighted by molar-refractivity contribution is 6.67. The second kappa shape index (κ2) is 3.09. The minimum atomic E-state index is -0.456. The number of hydrogen-bond acceptors (Lipinski definition) is 2. The quantitative estimate of drug-likeness (QED) is 0.727. The third-order valence-corrected chi connectivity index (χ3v) is 3.03. The minimum absolute atomic E-state index is 0.298. The average Bonchev–Trinajstić information content (AvgIpc) is 2.44. The summed E-state index contributed by atoms with van der Waals surface area (Å²) in [6.07, 6.45) is 2.92. The lowest BCUT2D eigenvalue weighted by molar-refractivity contribution is 0.107. The van der Waals surface area contributed by atoms with Gasteiger partial charge >= 0.3 is 0 Å². The normalized spacial score (nSPS) is 19.1. The van der Waals surface area contributed by atoms with Gasteiger partial charge in [-0.2, -0.15) is 5.10 Å². The van der Waals surface area contributed by atoms with Crippen LogP contribution in [0.2, 0.25) is 0 Å². The van der Waals surface area contributed by atoms with E-state index in [2.05, 4.69) is 24.0 Å². The number of nitrogens with one attached hydrogen (secondary N) is 1. The van der Waals surface area contributed by atoms with Crippen molar-refractivity contribution in [3.63, 3.8) is 0 Å². The third-order valence-electron chi connectivity index (χ3n) is 2.85. The molecule has 1 aliphatic rings. The Bertz CT molecular complexity index is 381. The molecule has 0 saturated heterocycles. The maximum atomic E-state index is 11.0. The summed E-state index contributed by atoms with van der Waals surface area (Å²) in [5.41, 5.74) is 2.80. The lowest BCUT2D eigenvalue weighted by Gasteiger charge is -2.28. The van der Waals surface area contributed by atoms with E-state index in [9.17, 15) is 4.79 Å². The van der Waals surface area contributed by atoms with Gasteiger partial charge in [0.1, 0.15) is 5.69 Å². The fourth-order valence-corrected chi connectivity index (χ4v) is 2.17. The molecule has 0 aliphatic heterocycles. The summed E-state index contributed by atoms with van der Waals surface area (Å²) in [6, 6.07) is 0. The Kier molecular flexibility index (Phi) is 2.14. The Morgan fingerprint density at radius 3 is 2.93 bits per heavy atom. The van der Waals surface area contributed by atoms with Crippen molar-refractivity contribution in [3.8, 4) is 0 Å². The first kappa shape index (κ1) is 9.71. The van der Waals surface area contributed by atoms with Crippen molar-refractivity contribution in [2.45, 2.75) is 33.1 Å². The number of hydrogen-bond donors (Lipinski definition) is 1. The maximum Gasteiger partial charge on any atom is 0.272 e. The molecule has 0 unspecified atom stereocenters. The Hall–Kier alpha value is -0.830. The summed E-state index contributed by atoms with van der Waals surface area (Å²) in [5, 5.41) is 6.41. The van der Waals surface area contributed by atoms with Gasteiger partial charge in [0.15, 0.2) is 0 Å². The SMILES string of the molecule is CC1(C)CCc2c(C(=O)Cl)n[nH]c2C1. The molecule has 0 amide bonds. The summed E-state index contributed by atoms with van der Waals surface area (Å²) in [4.78, 5) is 11.0. The number of nitrogens with zero attached hydrogens (tertiary/aromatic N) is 1. The van der Waals surface area contributed by atoms with Crippen LogP contribution in [0.3, 0.4) is 0 Å². The van der Waals surface area contributed by atoms with E-state index in [1.807, 2.05) is 0 Å². The zero-order valence-corrected chi connectivity index (χ0v) is 9.11. The molecule has 1 aromatic rings. The van der Waals surface area contributed by atoms with E-state index in [0.29, 0.717) is 11.1 Å².